The number of hydrogen-bond donors (Lipinski definition) is 2. The first kappa shape index (κ1) is 51.8. The minimum Gasteiger partial charge on any atom is -0.464 e. The summed E-state index contributed by atoms with van der Waals surface area (Å²) in [5.74, 6) is 0.166. The maximum atomic E-state index is 15.4. The lowest BCUT2D eigenvalue weighted by molar-refractivity contribution is -0.156. The van der Waals surface area contributed by atoms with E-state index in [9.17, 15) is 9.59 Å². The van der Waals surface area contributed by atoms with Crippen LogP contribution in [0.2, 0.25) is 0 Å². The quantitative estimate of drug-likeness (QED) is 0.161. The first-order valence-electron chi connectivity index (χ1n) is 32.7. The molecule has 1 unspecified atom stereocenters. The van der Waals surface area contributed by atoms with E-state index in [0.29, 0.717) is 69.2 Å². The smallest absolute Gasteiger partial charge is 0.324 e. The van der Waals surface area contributed by atoms with Crippen molar-refractivity contribution in [3.8, 4) is 11.3 Å². The van der Waals surface area contributed by atoms with Crippen LogP contribution in [0.5, 0.6) is 0 Å². The molecular weight excluding hydrogens is 1020 g/mol. The van der Waals surface area contributed by atoms with Gasteiger partial charge in [-0.25, -0.2) is 5.43 Å². The van der Waals surface area contributed by atoms with Gasteiger partial charge in [0.2, 0.25) is 11.8 Å². The van der Waals surface area contributed by atoms with Crippen LogP contribution in [0.4, 0.5) is 11.4 Å². The van der Waals surface area contributed by atoms with E-state index in [1.54, 1.807) is 7.11 Å². The van der Waals surface area contributed by atoms with Crippen LogP contribution in [0.25, 0.3) is 22.2 Å². The maximum Gasteiger partial charge on any atom is 0.324 e. The number of hydrazine groups is 1. The summed E-state index contributed by atoms with van der Waals surface area (Å²) < 4.78 is 47.2. The predicted octanol–water partition coefficient (Wildman–Crippen LogP) is 5.99. The van der Waals surface area contributed by atoms with Crippen LogP contribution in [0.15, 0.2) is 30.5 Å². The zero-order chi connectivity index (χ0) is 58.4. The second-order valence-electron chi connectivity index (χ2n) is 27.0. The largest absolute Gasteiger partial charge is 0.464 e. The zero-order valence-corrected chi connectivity index (χ0v) is 48.8. The van der Waals surface area contributed by atoms with E-state index in [1.807, 2.05) is 23.8 Å². The lowest BCUT2D eigenvalue weighted by Gasteiger charge is -2.39. The first-order valence-corrected chi connectivity index (χ1v) is 31.2. The van der Waals surface area contributed by atoms with E-state index in [-0.39, 0.29) is 54.7 Å². The predicted molar refractivity (Wildman–Crippen MR) is 312 cm³/mol. The molecule has 18 heteroatoms. The van der Waals surface area contributed by atoms with Gasteiger partial charge in [-0.15, -0.1) is 0 Å². The van der Waals surface area contributed by atoms with Gasteiger partial charge in [-0.3, -0.25) is 43.9 Å². The SMILES string of the molecule is [2H]C([2H])([2H])Cn1c(-c2cc(N3CCN(C4CC4)CC3)cnc2[C@H](C)OC)c2c3cc(ccc31)N1CCO[C@@H](C[C@H](NC(=O)[C@H](C3CCCC3)N3CC[C@]4(CCN(C(=O)[C@H]5[C@@H](C6CC6)N5C)C4)C3)C(=O)N3CCC[C@H](N3)C(=O)OCC(C)(C)C2)C1. The fourth-order valence-corrected chi connectivity index (χ4v) is 15.9. The summed E-state index contributed by atoms with van der Waals surface area (Å²) in [4.78, 5) is 78.1. The Balaban J connectivity index is 0.824. The van der Waals surface area contributed by atoms with E-state index >= 15 is 9.59 Å². The van der Waals surface area contributed by atoms with E-state index in [0.717, 1.165) is 130 Å². The average molecular weight is 1120 g/mol. The molecule has 1 aromatic carbocycles. The van der Waals surface area contributed by atoms with E-state index in [2.05, 4.69) is 79.2 Å². The number of morpholine rings is 1. The number of methoxy groups -OCH3 is 1. The van der Waals surface area contributed by atoms with Gasteiger partial charge in [0.05, 0.1) is 54.7 Å². The van der Waals surface area contributed by atoms with Crippen molar-refractivity contribution in [2.45, 2.75) is 173 Å². The molecule has 7 aliphatic heterocycles. The molecule has 6 bridgehead atoms. The number of esters is 1. The number of rotatable bonds is 12. The highest BCUT2D eigenvalue weighted by molar-refractivity contribution is 5.95. The highest BCUT2D eigenvalue weighted by atomic mass is 16.5. The summed E-state index contributed by atoms with van der Waals surface area (Å²) in [6.07, 6.45) is 13.6. The highest BCUT2D eigenvalue weighted by Gasteiger charge is 2.59. The fourth-order valence-electron chi connectivity index (χ4n) is 15.9. The molecule has 9 atom stereocenters. The molecule has 2 aromatic heterocycles. The molecule has 440 valence electrons. The van der Waals surface area contributed by atoms with Gasteiger partial charge in [0.25, 0.3) is 5.91 Å². The summed E-state index contributed by atoms with van der Waals surface area (Å²) in [5, 5.41) is 5.81. The highest BCUT2D eigenvalue weighted by Crippen LogP contribution is 2.49. The monoisotopic (exact) mass is 1120 g/mol. The number of benzene rings is 1. The lowest BCUT2D eigenvalue weighted by Crippen LogP contribution is -2.62. The van der Waals surface area contributed by atoms with Crippen molar-refractivity contribution < 1.29 is 37.5 Å². The summed E-state index contributed by atoms with van der Waals surface area (Å²) in [6.45, 7) is 12.1. The van der Waals surface area contributed by atoms with Crippen molar-refractivity contribution in [1.82, 2.24) is 44.9 Å². The van der Waals surface area contributed by atoms with Crippen LogP contribution in [0.1, 0.15) is 133 Å². The number of hydrogen-bond acceptors (Lipinski definition) is 14. The van der Waals surface area contributed by atoms with Gasteiger partial charge in [-0.2, -0.15) is 0 Å². The number of fused-ring (bicyclic) bond motifs is 6. The van der Waals surface area contributed by atoms with E-state index in [4.69, 9.17) is 23.3 Å². The maximum absolute atomic E-state index is 15.4. The number of likely N-dealkylation sites (N-methyl/N-ethyl adjacent to an activating group) is 1. The van der Waals surface area contributed by atoms with Crippen molar-refractivity contribution in [2.24, 2.45) is 22.7 Å². The van der Waals surface area contributed by atoms with Gasteiger partial charge >= 0.3 is 5.97 Å². The molecule has 3 amide bonds. The average Bonchev–Trinajstić information content (AvgIpc) is 2.06. The molecular formula is C63H91N11O7. The second-order valence-corrected chi connectivity index (χ2v) is 27.0. The van der Waals surface area contributed by atoms with Crippen molar-refractivity contribution >= 4 is 46.0 Å². The number of piperazine rings is 1. The normalized spacial score (nSPS) is 32.1. The van der Waals surface area contributed by atoms with Crippen LogP contribution in [0.3, 0.4) is 0 Å². The molecule has 9 heterocycles. The molecule has 9 fully saturated rings. The third-order valence-corrected chi connectivity index (χ3v) is 20.8. The Morgan fingerprint density at radius 2 is 1.73 bits per heavy atom. The van der Waals surface area contributed by atoms with Crippen LogP contribution in [-0.2, 0) is 46.4 Å². The number of nitrogens with one attached hydrogen (secondary N) is 2. The van der Waals surface area contributed by atoms with Gasteiger partial charge in [0.1, 0.15) is 18.1 Å². The van der Waals surface area contributed by atoms with Crippen molar-refractivity contribution in [2.75, 3.05) is 109 Å². The van der Waals surface area contributed by atoms with Gasteiger partial charge in [-0.1, -0.05) is 26.7 Å². The van der Waals surface area contributed by atoms with Gasteiger partial charge < -0.3 is 38.8 Å². The van der Waals surface area contributed by atoms with Crippen LogP contribution >= 0.6 is 0 Å². The number of anilines is 2. The Labute approximate surface area is 484 Å². The second kappa shape index (κ2) is 22.3. The number of carbonyl (C=O) groups excluding carboxylic acids is 4. The number of ether oxygens (including phenoxy) is 3. The number of amides is 3. The molecule has 3 aromatic rings. The number of aryl methyl sites for hydroxylation is 1. The summed E-state index contributed by atoms with van der Waals surface area (Å²) in [7, 11) is 3.77. The van der Waals surface area contributed by atoms with Gasteiger partial charge in [-0.05, 0) is 140 Å². The Morgan fingerprint density at radius 1 is 0.926 bits per heavy atom. The Morgan fingerprint density at radius 3 is 2.49 bits per heavy atom. The standard InChI is InChI=1S/C63H91N11O7/c1-7-73-52-19-18-44-31-47(52)49(56(73)48-32-45(35-64-53(48)40(2)79-6)69-27-25-68(26-28-69)43-16-17-43)34-62(3,4)39-81-61(78)50-13-10-22-74(66-50)59(76)51(33-46-36-70(44)29-30-80-46)65-58(75)55(41-11-8-9-12-41)71-23-20-63(37-71)21-24-72(38-63)60(77)57-54(67(57)5)42-14-15-42/h18-19,31-32,35,40-43,46,50-51,54-55,57,66H,7-17,20-30,33-34,36-39H2,1-6H3,(H,65,75)/t40-,46-,50-,51-,54+,55-,57+,63-,67?/m0/s1/i1D3. The molecule has 81 heavy (non-hydrogen) atoms. The molecule has 3 aliphatic carbocycles. The topological polar surface area (TPSA) is 160 Å². The van der Waals surface area contributed by atoms with Gasteiger partial charge in [0.15, 0.2) is 0 Å². The van der Waals surface area contributed by atoms with E-state index in [1.165, 1.54) is 30.7 Å². The lowest BCUT2D eigenvalue weighted by atomic mass is 9.84. The third-order valence-electron chi connectivity index (χ3n) is 20.8. The zero-order valence-electron chi connectivity index (χ0n) is 51.8. The number of pyridine rings is 1. The fraction of sp³-hybridized carbons (Fsp3) is 0.730. The van der Waals surface area contributed by atoms with E-state index < -0.39 is 48.6 Å². The van der Waals surface area contributed by atoms with Crippen LogP contribution in [-0.4, -0.2) is 200 Å². The van der Waals surface area contributed by atoms with Gasteiger partial charge in [0, 0.05) is 135 Å². The number of carbonyl (C=O) groups is 4. The Bertz CT molecular complexity index is 2970. The Kier molecular flexibility index (Phi) is 14.2. The van der Waals surface area contributed by atoms with Crippen molar-refractivity contribution in [1.29, 1.82) is 0 Å². The molecule has 3 saturated carbocycles. The summed E-state index contributed by atoms with van der Waals surface area (Å²) >= 11 is 0. The first-order chi connectivity index (χ1) is 40.3. The molecule has 18 nitrogen and oxygen atoms in total. The minimum atomic E-state index is -2.34. The summed E-state index contributed by atoms with van der Waals surface area (Å²) in [6, 6.07) is 7.39. The molecule has 13 rings (SSSR count). The minimum absolute atomic E-state index is 0.00632. The van der Waals surface area contributed by atoms with Crippen LogP contribution in [0, 0.1) is 22.7 Å². The number of aromatic nitrogens is 2. The Hall–Kier alpha value is -4.85. The molecule has 10 aliphatic rings. The third kappa shape index (κ3) is 11.0. The van der Waals surface area contributed by atoms with Crippen molar-refractivity contribution in [3.63, 3.8) is 0 Å². The molecule has 0 radical (unpaired) electrons. The van der Waals surface area contributed by atoms with Crippen molar-refractivity contribution in [3.05, 3.63) is 41.7 Å². The summed E-state index contributed by atoms with van der Waals surface area (Å²) in [5.41, 5.74) is 8.47. The molecule has 1 spiro atoms. The molecule has 6 saturated heterocycles. The molecule has 2 N–H and O–H groups in total. The number of cyclic esters (lactones) is 1. The number of likely N-dealkylation sites (tertiary alicyclic amines) is 2. The van der Waals surface area contributed by atoms with Crippen LogP contribution < -0.4 is 20.5 Å². The number of nitrogens with zero attached hydrogens (tertiary/aromatic N) is 9.